The highest BCUT2D eigenvalue weighted by molar-refractivity contribution is 5.75. The van der Waals surface area contributed by atoms with Crippen molar-refractivity contribution in [2.24, 2.45) is 5.41 Å². The number of piperazine rings is 1. The largest absolute Gasteiger partial charge is 0.483 e. The van der Waals surface area contributed by atoms with Gasteiger partial charge in [0.1, 0.15) is 5.82 Å². The molecular formula is C24H32N6O4. The van der Waals surface area contributed by atoms with E-state index in [0.29, 0.717) is 18.1 Å². The zero-order chi connectivity index (χ0) is 24.0. The lowest BCUT2D eigenvalue weighted by Gasteiger charge is -2.48. The molecule has 1 atom stereocenters. The first-order chi connectivity index (χ1) is 16.6. The molecule has 34 heavy (non-hydrogen) atoms. The third kappa shape index (κ3) is 5.11. The summed E-state index contributed by atoms with van der Waals surface area (Å²) < 4.78 is 5.14. The van der Waals surface area contributed by atoms with Crippen LogP contribution in [0.3, 0.4) is 0 Å². The van der Waals surface area contributed by atoms with Gasteiger partial charge in [0.05, 0.1) is 19.0 Å². The number of nitrogens with zero attached hydrogens (tertiary/aromatic N) is 6. The Morgan fingerprint density at radius 1 is 1.21 bits per heavy atom. The Morgan fingerprint density at radius 3 is 2.65 bits per heavy atom. The predicted molar refractivity (Wildman–Crippen MR) is 126 cm³/mol. The van der Waals surface area contributed by atoms with Crippen LogP contribution in [0.1, 0.15) is 26.2 Å². The standard InChI is InChI=1S/C23H30N6O2.CH2O2/c1-2-31-22(30)29-16-23(17-29)7-5-19(14-23)27-10-12-28(13-11-27)21-20(4-3-8-24-21)18-6-9-25-26-15-18;2-1-3/h3-4,6,8-9,15,19H,2,5,7,10-14,16-17H2,1H3;1H,(H,2,3). The molecule has 1 saturated carbocycles. The summed E-state index contributed by atoms with van der Waals surface area (Å²) >= 11 is 0. The summed E-state index contributed by atoms with van der Waals surface area (Å²) in [6.07, 6.45) is 8.88. The van der Waals surface area contributed by atoms with Crippen molar-refractivity contribution in [3.8, 4) is 11.1 Å². The first-order valence-corrected chi connectivity index (χ1v) is 11.8. The SMILES string of the molecule is CCOC(=O)N1CC2(CCC(N3CCN(c4ncccc4-c4ccnnc4)CC3)C2)C1.O=CO. The van der Waals surface area contributed by atoms with E-state index in [0.717, 1.165) is 56.2 Å². The van der Waals surface area contributed by atoms with E-state index >= 15 is 0 Å². The maximum Gasteiger partial charge on any atom is 0.409 e. The summed E-state index contributed by atoms with van der Waals surface area (Å²) in [7, 11) is 0. The van der Waals surface area contributed by atoms with Crippen LogP contribution in [0, 0.1) is 5.41 Å². The van der Waals surface area contributed by atoms with Crippen LogP contribution < -0.4 is 4.90 Å². The molecule has 1 spiro atoms. The van der Waals surface area contributed by atoms with Crippen molar-refractivity contribution >= 4 is 18.4 Å². The van der Waals surface area contributed by atoms with Crippen LogP contribution in [0.25, 0.3) is 11.1 Å². The van der Waals surface area contributed by atoms with E-state index in [-0.39, 0.29) is 12.6 Å². The van der Waals surface area contributed by atoms with Crippen molar-refractivity contribution in [1.29, 1.82) is 0 Å². The van der Waals surface area contributed by atoms with Crippen LogP contribution in [-0.2, 0) is 9.53 Å². The highest BCUT2D eigenvalue weighted by atomic mass is 16.6. The van der Waals surface area contributed by atoms with Gasteiger partial charge in [-0.2, -0.15) is 10.2 Å². The van der Waals surface area contributed by atoms with E-state index in [2.05, 4.69) is 26.1 Å². The summed E-state index contributed by atoms with van der Waals surface area (Å²) in [6.45, 7) is 7.83. The predicted octanol–water partition coefficient (Wildman–Crippen LogP) is 2.37. The van der Waals surface area contributed by atoms with Crippen molar-refractivity contribution in [2.75, 3.05) is 50.8 Å². The Hall–Kier alpha value is -3.27. The molecular weight excluding hydrogens is 436 g/mol. The van der Waals surface area contributed by atoms with E-state index in [1.165, 1.54) is 19.3 Å². The molecule has 182 valence electrons. The van der Waals surface area contributed by atoms with Crippen LogP contribution in [0.4, 0.5) is 10.6 Å². The van der Waals surface area contributed by atoms with Crippen LogP contribution in [0.5, 0.6) is 0 Å². The highest BCUT2D eigenvalue weighted by Gasteiger charge is 2.51. The van der Waals surface area contributed by atoms with Crippen molar-refractivity contribution in [3.05, 3.63) is 36.8 Å². The number of amides is 1. The minimum Gasteiger partial charge on any atom is -0.483 e. The van der Waals surface area contributed by atoms with E-state index < -0.39 is 0 Å². The third-order valence-electron chi connectivity index (χ3n) is 7.07. The first kappa shape index (κ1) is 23.9. The molecule has 1 unspecified atom stereocenters. The lowest BCUT2D eigenvalue weighted by Crippen LogP contribution is -2.58. The molecule has 4 heterocycles. The molecule has 1 N–H and O–H groups in total. The van der Waals surface area contributed by atoms with Gasteiger partial charge < -0.3 is 19.6 Å². The molecule has 1 aliphatic carbocycles. The summed E-state index contributed by atoms with van der Waals surface area (Å²) in [4.78, 5) is 31.9. The number of carboxylic acid groups (broad SMARTS) is 1. The second-order valence-electron chi connectivity index (χ2n) is 9.09. The minimum atomic E-state index is -0.250. The van der Waals surface area contributed by atoms with Gasteiger partial charge in [-0.05, 0) is 44.4 Å². The number of pyridine rings is 1. The van der Waals surface area contributed by atoms with E-state index in [1.807, 2.05) is 30.2 Å². The number of hydrogen-bond donors (Lipinski definition) is 1. The fourth-order valence-electron chi connectivity index (χ4n) is 5.51. The van der Waals surface area contributed by atoms with E-state index in [9.17, 15) is 4.79 Å². The number of rotatable bonds is 4. The maximum absolute atomic E-state index is 11.9. The molecule has 2 aromatic rings. The molecule has 0 bridgehead atoms. The Labute approximate surface area is 199 Å². The van der Waals surface area contributed by atoms with Gasteiger partial charge in [-0.25, -0.2) is 9.78 Å². The number of carbonyl (C=O) groups is 2. The van der Waals surface area contributed by atoms with Gasteiger partial charge in [-0.3, -0.25) is 9.69 Å². The zero-order valence-electron chi connectivity index (χ0n) is 19.5. The highest BCUT2D eigenvalue weighted by Crippen LogP contribution is 2.47. The van der Waals surface area contributed by atoms with Crippen molar-refractivity contribution in [1.82, 2.24) is 25.0 Å². The summed E-state index contributed by atoms with van der Waals surface area (Å²) in [6, 6.07) is 6.70. The Kier molecular flexibility index (Phi) is 7.56. The Bertz CT molecular complexity index is 961. The monoisotopic (exact) mass is 468 g/mol. The number of anilines is 1. The topological polar surface area (TPSA) is 112 Å². The number of aromatic nitrogens is 3. The number of carbonyl (C=O) groups excluding carboxylic acids is 1. The molecule has 2 saturated heterocycles. The summed E-state index contributed by atoms with van der Waals surface area (Å²) in [5.41, 5.74) is 2.48. The van der Waals surface area contributed by atoms with Crippen LogP contribution in [0.2, 0.25) is 0 Å². The maximum atomic E-state index is 11.9. The van der Waals surface area contributed by atoms with Gasteiger partial charge >= 0.3 is 6.09 Å². The van der Waals surface area contributed by atoms with Crippen molar-refractivity contribution in [2.45, 2.75) is 32.2 Å². The molecule has 2 aliphatic heterocycles. The average molecular weight is 469 g/mol. The first-order valence-electron chi connectivity index (χ1n) is 11.8. The van der Waals surface area contributed by atoms with Gasteiger partial charge in [0.2, 0.25) is 0 Å². The molecule has 10 heteroatoms. The normalized spacial score (nSPS) is 21.4. The fourth-order valence-corrected chi connectivity index (χ4v) is 5.51. The van der Waals surface area contributed by atoms with E-state index in [1.54, 1.807) is 12.4 Å². The summed E-state index contributed by atoms with van der Waals surface area (Å²) in [5, 5.41) is 14.8. The van der Waals surface area contributed by atoms with Gasteiger partial charge in [0, 0.05) is 68.0 Å². The fraction of sp³-hybridized carbons (Fsp3) is 0.542. The molecule has 3 fully saturated rings. The molecule has 5 rings (SSSR count). The zero-order valence-corrected chi connectivity index (χ0v) is 19.5. The summed E-state index contributed by atoms with van der Waals surface area (Å²) in [5.74, 6) is 1.03. The molecule has 3 aliphatic rings. The number of hydrogen-bond acceptors (Lipinski definition) is 8. The molecule has 0 radical (unpaired) electrons. The van der Waals surface area contributed by atoms with Gasteiger partial charge in [0.25, 0.3) is 6.47 Å². The van der Waals surface area contributed by atoms with Crippen molar-refractivity contribution in [3.63, 3.8) is 0 Å². The Morgan fingerprint density at radius 2 is 1.97 bits per heavy atom. The van der Waals surface area contributed by atoms with Crippen LogP contribution in [0.15, 0.2) is 36.8 Å². The van der Waals surface area contributed by atoms with Crippen LogP contribution in [-0.4, -0.2) is 94.6 Å². The smallest absolute Gasteiger partial charge is 0.409 e. The lowest BCUT2D eigenvalue weighted by molar-refractivity contribution is -0.122. The number of likely N-dealkylation sites (tertiary alicyclic amines) is 1. The average Bonchev–Trinajstić information content (AvgIpc) is 3.31. The second kappa shape index (κ2) is 10.8. The Balaban J connectivity index is 0.000000868. The van der Waals surface area contributed by atoms with Crippen LogP contribution >= 0.6 is 0 Å². The minimum absolute atomic E-state index is 0.152. The lowest BCUT2D eigenvalue weighted by atomic mass is 9.78. The third-order valence-corrected chi connectivity index (χ3v) is 7.07. The van der Waals surface area contributed by atoms with Gasteiger partial charge in [-0.15, -0.1) is 0 Å². The quantitative estimate of drug-likeness (QED) is 0.676. The van der Waals surface area contributed by atoms with Gasteiger partial charge in [0.15, 0.2) is 0 Å². The molecule has 1 amide bonds. The van der Waals surface area contributed by atoms with Crippen molar-refractivity contribution < 1.29 is 19.4 Å². The second-order valence-corrected chi connectivity index (χ2v) is 9.09. The molecule has 10 nitrogen and oxygen atoms in total. The number of ether oxygens (including phenoxy) is 1. The molecule has 2 aromatic heterocycles. The van der Waals surface area contributed by atoms with Gasteiger partial charge in [-0.1, -0.05) is 0 Å². The molecule has 0 aromatic carbocycles. The van der Waals surface area contributed by atoms with E-state index in [4.69, 9.17) is 19.6 Å².